The van der Waals surface area contributed by atoms with Gasteiger partial charge in [-0.2, -0.15) is 4.98 Å². The van der Waals surface area contributed by atoms with E-state index in [-0.39, 0.29) is 11.7 Å². The molecule has 1 atom stereocenters. The van der Waals surface area contributed by atoms with E-state index in [0.29, 0.717) is 30.3 Å². The molecule has 0 radical (unpaired) electrons. The van der Waals surface area contributed by atoms with Crippen LogP contribution in [0.5, 0.6) is 5.75 Å². The number of rotatable bonds is 6. The average molecular weight is 291 g/mol. The third kappa shape index (κ3) is 4.03. The number of phenolic OH excluding ortho intramolecular Hbond substituents is 1. The summed E-state index contributed by atoms with van der Waals surface area (Å²) in [6.07, 6.45) is 0.549. The molecule has 0 fully saturated rings. The van der Waals surface area contributed by atoms with Gasteiger partial charge in [-0.3, -0.25) is 4.79 Å². The first-order valence-corrected chi connectivity index (χ1v) is 6.51. The summed E-state index contributed by atoms with van der Waals surface area (Å²) in [5.74, 6) is 0.574. The number of nitrogens with one attached hydrogen (secondary N) is 1. The van der Waals surface area contributed by atoms with Crippen molar-refractivity contribution in [2.45, 2.75) is 19.4 Å². The summed E-state index contributed by atoms with van der Waals surface area (Å²) in [4.78, 5) is 16.2. The quantitative estimate of drug-likeness (QED) is 0.836. The number of nitrogens with zero attached hydrogens (tertiary/aromatic N) is 2. The highest BCUT2D eigenvalue weighted by Gasteiger charge is 2.17. The van der Waals surface area contributed by atoms with Gasteiger partial charge >= 0.3 is 0 Å². The summed E-state index contributed by atoms with van der Waals surface area (Å²) in [5.41, 5.74) is 0.362. The van der Waals surface area contributed by atoms with Crippen LogP contribution in [0.25, 0.3) is 0 Å². The van der Waals surface area contributed by atoms with Crippen LogP contribution in [0.3, 0.4) is 0 Å². The highest BCUT2D eigenvalue weighted by molar-refractivity contribution is 5.94. The summed E-state index contributed by atoms with van der Waals surface area (Å²) in [7, 11) is 1.60. The molecule has 1 aromatic heterocycles. The molecule has 112 valence electrons. The first-order chi connectivity index (χ1) is 10.1. The van der Waals surface area contributed by atoms with Gasteiger partial charge in [0.05, 0.1) is 6.61 Å². The fraction of sp³-hybridized carbons (Fsp3) is 0.357. The normalized spacial score (nSPS) is 12.1. The first kappa shape index (κ1) is 15.0. The van der Waals surface area contributed by atoms with Gasteiger partial charge in [-0.05, 0) is 25.1 Å². The van der Waals surface area contributed by atoms with Crippen molar-refractivity contribution < 1.29 is 19.2 Å². The smallest absolute Gasteiger partial charge is 0.252 e. The highest BCUT2D eigenvalue weighted by Crippen LogP contribution is 2.14. The molecule has 0 aliphatic carbocycles. The van der Waals surface area contributed by atoms with E-state index in [4.69, 9.17) is 9.26 Å². The Balaban J connectivity index is 1.99. The topological polar surface area (TPSA) is 97.5 Å². The van der Waals surface area contributed by atoms with Gasteiger partial charge in [-0.1, -0.05) is 11.2 Å². The van der Waals surface area contributed by atoms with E-state index < -0.39 is 6.04 Å². The highest BCUT2D eigenvalue weighted by atomic mass is 16.5. The van der Waals surface area contributed by atoms with Crippen molar-refractivity contribution in [1.82, 2.24) is 15.5 Å². The summed E-state index contributed by atoms with van der Waals surface area (Å²) in [6, 6.07) is 5.67. The maximum Gasteiger partial charge on any atom is 0.252 e. The Morgan fingerprint density at radius 1 is 1.52 bits per heavy atom. The van der Waals surface area contributed by atoms with Gasteiger partial charge in [0, 0.05) is 19.1 Å². The largest absolute Gasteiger partial charge is 0.508 e. The molecule has 7 nitrogen and oxygen atoms in total. The van der Waals surface area contributed by atoms with Crippen LogP contribution in [0.2, 0.25) is 0 Å². The van der Waals surface area contributed by atoms with Gasteiger partial charge in [0.1, 0.15) is 11.8 Å². The van der Waals surface area contributed by atoms with E-state index in [1.807, 2.05) is 0 Å². The minimum Gasteiger partial charge on any atom is -0.508 e. The molecule has 0 bridgehead atoms. The molecule has 2 rings (SSSR count). The summed E-state index contributed by atoms with van der Waals surface area (Å²) in [6.45, 7) is 2.25. The summed E-state index contributed by atoms with van der Waals surface area (Å²) >= 11 is 0. The zero-order valence-corrected chi connectivity index (χ0v) is 11.9. The molecule has 0 saturated carbocycles. The molecular formula is C14H17N3O4. The molecule has 1 heterocycles. The van der Waals surface area contributed by atoms with Crippen molar-refractivity contribution in [1.29, 1.82) is 0 Å². The van der Waals surface area contributed by atoms with E-state index in [2.05, 4.69) is 15.5 Å². The van der Waals surface area contributed by atoms with Crippen molar-refractivity contribution >= 4 is 5.91 Å². The van der Waals surface area contributed by atoms with Gasteiger partial charge in [0.25, 0.3) is 5.91 Å². The lowest BCUT2D eigenvalue weighted by Crippen LogP contribution is -2.26. The van der Waals surface area contributed by atoms with Crippen LogP contribution in [0.15, 0.2) is 28.8 Å². The molecule has 21 heavy (non-hydrogen) atoms. The number of ether oxygens (including phenoxy) is 1. The Bertz CT molecular complexity index is 612. The molecule has 0 aliphatic rings. The monoisotopic (exact) mass is 291 g/mol. The molecule has 2 N–H and O–H groups in total. The lowest BCUT2D eigenvalue weighted by molar-refractivity contribution is 0.0932. The summed E-state index contributed by atoms with van der Waals surface area (Å²) in [5, 5.41) is 15.9. The zero-order chi connectivity index (χ0) is 15.2. The predicted octanol–water partition coefficient (Wildman–Crippen LogP) is 1.46. The average Bonchev–Trinajstić information content (AvgIpc) is 2.94. The van der Waals surface area contributed by atoms with Gasteiger partial charge in [-0.25, -0.2) is 0 Å². The van der Waals surface area contributed by atoms with Gasteiger partial charge in [0.2, 0.25) is 5.89 Å². The molecule has 0 saturated heterocycles. The van der Waals surface area contributed by atoms with Crippen LogP contribution in [0.4, 0.5) is 0 Å². The van der Waals surface area contributed by atoms with Crippen molar-refractivity contribution in [3.8, 4) is 5.75 Å². The Labute approximate surface area is 121 Å². The second kappa shape index (κ2) is 6.85. The third-order valence-electron chi connectivity index (χ3n) is 2.84. The van der Waals surface area contributed by atoms with Gasteiger partial charge < -0.3 is 19.7 Å². The number of aromatic nitrogens is 2. The standard InChI is InChI=1S/C14H17N3O4/c1-9(14-16-12(17-21-14)6-7-20-2)15-13(19)10-4-3-5-11(18)8-10/h3-5,8-9,18H,6-7H2,1-2H3,(H,15,19)/t9-/m0/s1. The fourth-order valence-electron chi connectivity index (χ4n) is 1.73. The maximum atomic E-state index is 12.0. The molecular weight excluding hydrogens is 274 g/mol. The van der Waals surface area contributed by atoms with Crippen LogP contribution < -0.4 is 5.32 Å². The number of methoxy groups -OCH3 is 1. The second-order valence-corrected chi connectivity index (χ2v) is 4.54. The van der Waals surface area contributed by atoms with E-state index in [0.717, 1.165) is 0 Å². The van der Waals surface area contributed by atoms with Crippen molar-refractivity contribution in [3.63, 3.8) is 0 Å². The number of carbonyl (C=O) groups is 1. The van der Waals surface area contributed by atoms with Crippen molar-refractivity contribution in [3.05, 3.63) is 41.5 Å². The molecule has 0 spiro atoms. The number of amides is 1. The zero-order valence-electron chi connectivity index (χ0n) is 11.9. The Kier molecular flexibility index (Phi) is 4.89. The van der Waals surface area contributed by atoms with Crippen LogP contribution >= 0.6 is 0 Å². The van der Waals surface area contributed by atoms with Crippen LogP contribution in [0.1, 0.15) is 35.0 Å². The Hall–Kier alpha value is -2.41. The van der Waals surface area contributed by atoms with Crippen molar-refractivity contribution in [2.75, 3.05) is 13.7 Å². The minimum atomic E-state index is -0.427. The van der Waals surface area contributed by atoms with Crippen molar-refractivity contribution in [2.24, 2.45) is 0 Å². The number of carbonyl (C=O) groups excluding carboxylic acids is 1. The molecule has 1 amide bonds. The molecule has 2 aromatic rings. The van der Waals surface area contributed by atoms with Crippen LogP contribution in [-0.2, 0) is 11.2 Å². The van der Waals surface area contributed by atoms with Gasteiger partial charge in [0.15, 0.2) is 5.82 Å². The van der Waals surface area contributed by atoms with Crippen LogP contribution in [0, 0.1) is 0 Å². The molecule has 7 heteroatoms. The number of hydrogen-bond acceptors (Lipinski definition) is 6. The second-order valence-electron chi connectivity index (χ2n) is 4.54. The number of hydrogen-bond donors (Lipinski definition) is 2. The van der Waals surface area contributed by atoms with Gasteiger partial charge in [-0.15, -0.1) is 0 Å². The SMILES string of the molecule is COCCc1noc([C@H](C)NC(=O)c2cccc(O)c2)n1. The Morgan fingerprint density at radius 3 is 3.05 bits per heavy atom. The van der Waals surface area contributed by atoms with E-state index >= 15 is 0 Å². The molecule has 0 unspecified atom stereocenters. The van der Waals surface area contributed by atoms with Crippen LogP contribution in [-0.4, -0.2) is 34.9 Å². The third-order valence-corrected chi connectivity index (χ3v) is 2.84. The molecule has 0 aliphatic heterocycles. The van der Waals surface area contributed by atoms with E-state index in [1.165, 1.54) is 12.1 Å². The fourth-order valence-corrected chi connectivity index (χ4v) is 1.73. The maximum absolute atomic E-state index is 12.0. The number of aromatic hydroxyl groups is 1. The minimum absolute atomic E-state index is 0.0370. The van der Waals surface area contributed by atoms with E-state index in [9.17, 15) is 9.90 Å². The lowest BCUT2D eigenvalue weighted by Gasteiger charge is -2.09. The Morgan fingerprint density at radius 2 is 2.33 bits per heavy atom. The molecule has 1 aromatic carbocycles. The predicted molar refractivity (Wildman–Crippen MR) is 73.9 cm³/mol. The first-order valence-electron chi connectivity index (χ1n) is 6.51. The summed E-state index contributed by atoms with van der Waals surface area (Å²) < 4.78 is 10.0. The lowest BCUT2D eigenvalue weighted by atomic mass is 10.2. The number of phenols is 1. The van der Waals surface area contributed by atoms with E-state index in [1.54, 1.807) is 26.2 Å². The number of benzene rings is 1.